The molecule has 4 nitrogen and oxygen atoms in total. The predicted octanol–water partition coefficient (Wildman–Crippen LogP) is 4.39. The Hall–Kier alpha value is -1.26. The van der Waals surface area contributed by atoms with Gasteiger partial charge in [0.05, 0.1) is 0 Å². The third-order valence-corrected chi connectivity index (χ3v) is 6.00. The SMILES string of the molecule is CN=C(NCc1ccc(F)cc1F)NCC1CCCN(C)C1c1cccs1.I. The first-order valence-electron chi connectivity index (χ1n) is 9.20. The highest BCUT2D eigenvalue weighted by atomic mass is 127. The molecule has 28 heavy (non-hydrogen) atoms. The summed E-state index contributed by atoms with van der Waals surface area (Å²) in [4.78, 5) is 8.04. The Bertz CT molecular complexity index is 770. The van der Waals surface area contributed by atoms with Gasteiger partial charge in [0, 0.05) is 42.7 Å². The van der Waals surface area contributed by atoms with Gasteiger partial charge in [0.15, 0.2) is 5.96 Å². The minimum Gasteiger partial charge on any atom is -0.356 e. The van der Waals surface area contributed by atoms with Crippen molar-refractivity contribution in [2.45, 2.75) is 25.4 Å². The van der Waals surface area contributed by atoms with Crippen molar-refractivity contribution in [1.29, 1.82) is 0 Å². The highest BCUT2D eigenvalue weighted by Gasteiger charge is 2.31. The number of thiophene rings is 1. The van der Waals surface area contributed by atoms with Gasteiger partial charge < -0.3 is 10.6 Å². The van der Waals surface area contributed by atoms with E-state index in [2.05, 4.69) is 45.1 Å². The van der Waals surface area contributed by atoms with Crippen LogP contribution in [0.2, 0.25) is 0 Å². The van der Waals surface area contributed by atoms with Gasteiger partial charge in [-0.25, -0.2) is 8.78 Å². The zero-order valence-electron chi connectivity index (χ0n) is 16.1. The third-order valence-electron chi connectivity index (χ3n) is 5.06. The van der Waals surface area contributed by atoms with Gasteiger partial charge in [-0.05, 0) is 49.9 Å². The molecule has 1 aliphatic heterocycles. The van der Waals surface area contributed by atoms with Crippen molar-refractivity contribution in [2.75, 3.05) is 27.2 Å². The van der Waals surface area contributed by atoms with E-state index in [0.717, 1.165) is 25.6 Å². The Balaban J connectivity index is 0.00000280. The fraction of sp³-hybridized carbons (Fsp3) is 0.450. The van der Waals surface area contributed by atoms with Crippen molar-refractivity contribution in [3.63, 3.8) is 0 Å². The van der Waals surface area contributed by atoms with Crippen molar-refractivity contribution >= 4 is 41.3 Å². The number of hydrogen-bond donors (Lipinski definition) is 2. The van der Waals surface area contributed by atoms with Gasteiger partial charge in [0.1, 0.15) is 11.6 Å². The quantitative estimate of drug-likeness (QED) is 0.349. The molecule has 1 aliphatic rings. The maximum absolute atomic E-state index is 13.8. The molecule has 2 N–H and O–H groups in total. The van der Waals surface area contributed by atoms with E-state index < -0.39 is 11.6 Å². The summed E-state index contributed by atoms with van der Waals surface area (Å²) in [6, 6.07) is 8.32. The highest BCUT2D eigenvalue weighted by molar-refractivity contribution is 14.0. The zero-order valence-corrected chi connectivity index (χ0v) is 19.3. The molecule has 1 saturated heterocycles. The van der Waals surface area contributed by atoms with E-state index in [-0.39, 0.29) is 30.5 Å². The van der Waals surface area contributed by atoms with Gasteiger partial charge in [-0.1, -0.05) is 12.1 Å². The Kier molecular flexibility index (Phi) is 9.10. The Labute approximate surface area is 186 Å². The molecule has 0 bridgehead atoms. The fourth-order valence-corrected chi connectivity index (χ4v) is 4.66. The van der Waals surface area contributed by atoms with Gasteiger partial charge in [0.25, 0.3) is 0 Å². The summed E-state index contributed by atoms with van der Waals surface area (Å²) >= 11 is 1.80. The van der Waals surface area contributed by atoms with E-state index in [4.69, 9.17) is 0 Å². The minimum atomic E-state index is -0.570. The van der Waals surface area contributed by atoms with E-state index in [1.807, 2.05) is 0 Å². The lowest BCUT2D eigenvalue weighted by atomic mass is 9.88. The maximum Gasteiger partial charge on any atom is 0.191 e. The molecule has 2 aromatic rings. The van der Waals surface area contributed by atoms with Crippen LogP contribution >= 0.6 is 35.3 Å². The van der Waals surface area contributed by atoms with E-state index in [9.17, 15) is 8.78 Å². The number of nitrogens with one attached hydrogen (secondary N) is 2. The average molecular weight is 520 g/mol. The number of aliphatic imine (C=N–C) groups is 1. The van der Waals surface area contributed by atoms with Crippen LogP contribution in [0.1, 0.15) is 29.3 Å². The van der Waals surface area contributed by atoms with Crippen molar-refractivity contribution in [3.8, 4) is 0 Å². The number of likely N-dealkylation sites (tertiary alicyclic amines) is 1. The molecule has 1 aromatic carbocycles. The lowest BCUT2D eigenvalue weighted by Gasteiger charge is -2.39. The van der Waals surface area contributed by atoms with Gasteiger partial charge in [-0.15, -0.1) is 35.3 Å². The van der Waals surface area contributed by atoms with Crippen LogP contribution in [0.4, 0.5) is 8.78 Å². The molecular formula is C20H27F2IN4S. The van der Waals surface area contributed by atoms with Crippen LogP contribution in [-0.2, 0) is 6.54 Å². The van der Waals surface area contributed by atoms with Crippen LogP contribution < -0.4 is 10.6 Å². The van der Waals surface area contributed by atoms with Crippen LogP contribution in [0.15, 0.2) is 40.7 Å². The normalized spacial score (nSPS) is 20.5. The minimum absolute atomic E-state index is 0. The number of guanidine groups is 1. The molecular weight excluding hydrogens is 493 g/mol. The van der Waals surface area contributed by atoms with Crippen molar-refractivity contribution in [3.05, 3.63) is 57.8 Å². The first-order chi connectivity index (χ1) is 13.1. The number of hydrogen-bond acceptors (Lipinski definition) is 3. The van der Waals surface area contributed by atoms with Crippen molar-refractivity contribution < 1.29 is 8.78 Å². The van der Waals surface area contributed by atoms with Gasteiger partial charge >= 0.3 is 0 Å². The summed E-state index contributed by atoms with van der Waals surface area (Å²) in [5.41, 5.74) is 0.410. The van der Waals surface area contributed by atoms with Crippen LogP contribution in [0.25, 0.3) is 0 Å². The molecule has 0 radical (unpaired) electrons. The standard InChI is InChI=1S/C20H26F2N4S.HI/c1-23-20(24-12-14-7-8-16(21)11-17(14)22)25-13-15-5-3-9-26(2)19(15)18-6-4-10-27-18;/h4,6-8,10-11,15,19H,3,5,9,12-13H2,1-2H3,(H2,23,24,25);1H. The molecule has 0 amide bonds. The number of halogens is 3. The molecule has 2 atom stereocenters. The summed E-state index contributed by atoms with van der Waals surface area (Å²) in [5, 5.41) is 8.61. The fourth-order valence-electron chi connectivity index (χ4n) is 3.67. The summed E-state index contributed by atoms with van der Waals surface area (Å²) < 4.78 is 26.8. The molecule has 0 saturated carbocycles. The monoisotopic (exact) mass is 520 g/mol. The lowest BCUT2D eigenvalue weighted by Crippen LogP contribution is -2.44. The molecule has 1 aromatic heterocycles. The number of piperidine rings is 1. The van der Waals surface area contributed by atoms with Crippen LogP contribution in [0.3, 0.4) is 0 Å². The van der Waals surface area contributed by atoms with Crippen molar-refractivity contribution in [1.82, 2.24) is 15.5 Å². The third kappa shape index (κ3) is 5.87. The highest BCUT2D eigenvalue weighted by Crippen LogP contribution is 2.36. The van der Waals surface area contributed by atoms with Gasteiger partial charge in [-0.3, -0.25) is 9.89 Å². The lowest BCUT2D eigenvalue weighted by molar-refractivity contribution is 0.125. The van der Waals surface area contributed by atoms with Crippen LogP contribution in [0.5, 0.6) is 0 Å². The second-order valence-corrected chi connectivity index (χ2v) is 7.86. The Morgan fingerprint density at radius 1 is 1.29 bits per heavy atom. The first-order valence-corrected chi connectivity index (χ1v) is 10.1. The molecule has 3 rings (SSSR count). The van der Waals surface area contributed by atoms with E-state index in [0.29, 0.717) is 23.5 Å². The Morgan fingerprint density at radius 3 is 2.79 bits per heavy atom. The average Bonchev–Trinajstić information content (AvgIpc) is 3.17. The largest absolute Gasteiger partial charge is 0.356 e. The predicted molar refractivity (Wildman–Crippen MR) is 122 cm³/mol. The van der Waals surface area contributed by atoms with Crippen LogP contribution in [0, 0.1) is 17.6 Å². The topological polar surface area (TPSA) is 39.7 Å². The molecule has 2 heterocycles. The van der Waals surface area contributed by atoms with Gasteiger partial charge in [0.2, 0.25) is 0 Å². The molecule has 1 fully saturated rings. The number of benzene rings is 1. The number of nitrogens with zero attached hydrogens (tertiary/aromatic N) is 2. The number of rotatable bonds is 5. The molecule has 0 spiro atoms. The van der Waals surface area contributed by atoms with E-state index in [1.54, 1.807) is 18.4 Å². The molecule has 0 aliphatic carbocycles. The Morgan fingerprint density at radius 2 is 2.11 bits per heavy atom. The van der Waals surface area contributed by atoms with E-state index >= 15 is 0 Å². The summed E-state index contributed by atoms with van der Waals surface area (Å²) in [6.07, 6.45) is 2.33. The second-order valence-electron chi connectivity index (χ2n) is 6.89. The van der Waals surface area contributed by atoms with Crippen molar-refractivity contribution in [2.24, 2.45) is 10.9 Å². The van der Waals surface area contributed by atoms with Crippen LogP contribution in [-0.4, -0.2) is 38.0 Å². The van der Waals surface area contributed by atoms with Gasteiger partial charge in [-0.2, -0.15) is 0 Å². The summed E-state index contributed by atoms with van der Waals surface area (Å²) in [5.74, 6) is -0.0233. The first kappa shape index (κ1) is 23.0. The smallest absolute Gasteiger partial charge is 0.191 e. The summed E-state index contributed by atoms with van der Waals surface area (Å²) in [7, 11) is 3.88. The zero-order chi connectivity index (χ0) is 19.2. The summed E-state index contributed by atoms with van der Waals surface area (Å²) in [6.45, 7) is 2.15. The maximum atomic E-state index is 13.8. The molecule has 154 valence electrons. The molecule has 8 heteroatoms. The molecule has 2 unspecified atom stereocenters. The van der Waals surface area contributed by atoms with E-state index in [1.165, 1.54) is 23.4 Å². The second kappa shape index (κ2) is 11.1.